The fourth-order valence-corrected chi connectivity index (χ4v) is 4.03. The van der Waals surface area contributed by atoms with Crippen LogP contribution in [-0.4, -0.2) is 34.2 Å². The number of amides is 1. The molecule has 0 radical (unpaired) electrons. The minimum absolute atomic E-state index is 0.218. The molecule has 0 spiro atoms. The highest BCUT2D eigenvalue weighted by Crippen LogP contribution is 2.32. The van der Waals surface area contributed by atoms with Crippen LogP contribution in [0.1, 0.15) is 36.1 Å². The Labute approximate surface area is 177 Å². The Hall–Kier alpha value is -2.25. The first-order valence-electron chi connectivity index (χ1n) is 9.24. The number of methoxy groups -OCH3 is 1. The largest absolute Gasteiger partial charge is 0.495 e. The van der Waals surface area contributed by atoms with Gasteiger partial charge in [0.25, 0.3) is 0 Å². The number of hydrogen-bond acceptors (Lipinski definition) is 4. The van der Waals surface area contributed by atoms with Gasteiger partial charge in [-0.2, -0.15) is 0 Å². The molecule has 8 heteroatoms. The molecule has 1 atom stereocenters. The normalized spacial score (nSPS) is 12.3. The Kier molecular flexibility index (Phi) is 7.54. The van der Waals surface area contributed by atoms with E-state index in [1.165, 1.54) is 18.7 Å². The Morgan fingerprint density at radius 2 is 1.86 bits per heavy atom. The number of rotatable bonds is 8. The third-order valence-corrected chi connectivity index (χ3v) is 6.14. The fraction of sp³-hybridized carbons (Fsp3) is 0.381. The van der Waals surface area contributed by atoms with Crippen LogP contribution in [0.5, 0.6) is 5.75 Å². The number of sulfonamides is 1. The van der Waals surface area contributed by atoms with E-state index in [1.807, 2.05) is 39.0 Å². The van der Waals surface area contributed by atoms with Crippen LogP contribution in [0, 0.1) is 13.8 Å². The highest BCUT2D eigenvalue weighted by atomic mass is 35.5. The van der Waals surface area contributed by atoms with Crippen molar-refractivity contribution in [1.29, 1.82) is 0 Å². The summed E-state index contributed by atoms with van der Waals surface area (Å²) in [7, 11) is -2.32. The topological polar surface area (TPSA) is 75.7 Å². The monoisotopic (exact) mass is 438 g/mol. The SMILES string of the molecule is CC[C@@H](NC(=O)CN(c1cc(Cl)ccc1OC)S(C)(=O)=O)c1ccc(C)c(C)c1. The van der Waals surface area contributed by atoms with Gasteiger partial charge in [0.1, 0.15) is 12.3 Å². The summed E-state index contributed by atoms with van der Waals surface area (Å²) in [5.41, 5.74) is 3.51. The zero-order chi connectivity index (χ0) is 21.8. The lowest BCUT2D eigenvalue weighted by Crippen LogP contribution is -2.41. The molecule has 2 aromatic rings. The first-order chi connectivity index (χ1) is 13.6. The molecule has 0 aromatic heterocycles. The number of carbonyl (C=O) groups is 1. The number of carbonyl (C=O) groups excluding carboxylic acids is 1. The summed E-state index contributed by atoms with van der Waals surface area (Å²) >= 11 is 6.04. The summed E-state index contributed by atoms with van der Waals surface area (Å²) in [5.74, 6) is -0.101. The number of nitrogens with zero attached hydrogens (tertiary/aromatic N) is 1. The number of halogens is 1. The highest BCUT2D eigenvalue weighted by molar-refractivity contribution is 7.92. The Morgan fingerprint density at radius 1 is 1.17 bits per heavy atom. The fourth-order valence-electron chi connectivity index (χ4n) is 3.01. The van der Waals surface area contributed by atoms with Gasteiger partial charge in [-0.25, -0.2) is 8.42 Å². The van der Waals surface area contributed by atoms with Crippen LogP contribution in [0.3, 0.4) is 0 Å². The molecule has 2 rings (SSSR count). The lowest BCUT2D eigenvalue weighted by Gasteiger charge is -2.25. The summed E-state index contributed by atoms with van der Waals surface area (Å²) in [6.07, 6.45) is 1.72. The van der Waals surface area contributed by atoms with Gasteiger partial charge in [-0.15, -0.1) is 0 Å². The van der Waals surface area contributed by atoms with Crippen LogP contribution in [0.2, 0.25) is 5.02 Å². The zero-order valence-corrected chi connectivity index (χ0v) is 18.9. The van der Waals surface area contributed by atoms with Crippen molar-refractivity contribution in [3.63, 3.8) is 0 Å². The average Bonchev–Trinajstić information content (AvgIpc) is 2.65. The maximum atomic E-state index is 12.8. The van der Waals surface area contributed by atoms with E-state index in [2.05, 4.69) is 5.32 Å². The van der Waals surface area contributed by atoms with E-state index in [0.717, 1.165) is 21.7 Å². The molecular weight excluding hydrogens is 412 g/mol. The minimum atomic E-state index is -3.75. The molecule has 0 heterocycles. The van der Waals surface area contributed by atoms with Crippen LogP contribution >= 0.6 is 11.6 Å². The molecular formula is C21H27ClN2O4S. The zero-order valence-electron chi connectivity index (χ0n) is 17.3. The predicted octanol–water partition coefficient (Wildman–Crippen LogP) is 4.00. The van der Waals surface area contributed by atoms with E-state index in [0.29, 0.717) is 17.2 Å². The van der Waals surface area contributed by atoms with Crippen LogP contribution in [-0.2, 0) is 14.8 Å². The van der Waals surface area contributed by atoms with E-state index in [-0.39, 0.29) is 18.3 Å². The molecule has 29 heavy (non-hydrogen) atoms. The Balaban J connectivity index is 2.29. The molecule has 0 saturated heterocycles. The van der Waals surface area contributed by atoms with Crippen LogP contribution < -0.4 is 14.4 Å². The quantitative estimate of drug-likeness (QED) is 0.675. The van der Waals surface area contributed by atoms with Crippen molar-refractivity contribution in [1.82, 2.24) is 5.32 Å². The van der Waals surface area contributed by atoms with Gasteiger partial charge in [0.05, 0.1) is 25.1 Å². The second kappa shape index (κ2) is 9.50. The molecule has 2 aromatic carbocycles. The molecule has 0 unspecified atom stereocenters. The Morgan fingerprint density at radius 3 is 2.41 bits per heavy atom. The number of benzene rings is 2. The minimum Gasteiger partial charge on any atom is -0.495 e. The van der Waals surface area contributed by atoms with E-state index in [4.69, 9.17) is 16.3 Å². The van der Waals surface area contributed by atoms with Gasteiger partial charge in [0.2, 0.25) is 15.9 Å². The van der Waals surface area contributed by atoms with Gasteiger partial charge in [-0.3, -0.25) is 9.10 Å². The summed E-state index contributed by atoms with van der Waals surface area (Å²) < 4.78 is 31.1. The van der Waals surface area contributed by atoms with E-state index in [1.54, 1.807) is 12.1 Å². The molecule has 0 bridgehead atoms. The number of nitrogens with one attached hydrogen (secondary N) is 1. The van der Waals surface area contributed by atoms with Gasteiger partial charge >= 0.3 is 0 Å². The summed E-state index contributed by atoms with van der Waals surface area (Å²) in [4.78, 5) is 12.8. The molecule has 6 nitrogen and oxygen atoms in total. The lowest BCUT2D eigenvalue weighted by atomic mass is 9.99. The van der Waals surface area contributed by atoms with Gasteiger partial charge in [-0.1, -0.05) is 36.7 Å². The number of hydrogen-bond donors (Lipinski definition) is 1. The van der Waals surface area contributed by atoms with Gasteiger partial charge in [-0.05, 0) is 55.2 Å². The number of anilines is 1. The standard InChI is InChI=1S/C21H27ClN2O4S/c1-6-18(16-8-7-14(2)15(3)11-16)23-21(25)13-24(29(5,26)27)19-12-17(22)9-10-20(19)28-4/h7-12,18H,6,13H2,1-5H3,(H,23,25)/t18-/m1/s1. The smallest absolute Gasteiger partial charge is 0.241 e. The van der Waals surface area contributed by atoms with Gasteiger partial charge in [0, 0.05) is 5.02 Å². The van der Waals surface area contributed by atoms with E-state index < -0.39 is 15.9 Å². The van der Waals surface area contributed by atoms with Crippen molar-refractivity contribution >= 4 is 33.2 Å². The number of ether oxygens (including phenoxy) is 1. The van der Waals surface area contributed by atoms with Crippen molar-refractivity contribution < 1.29 is 17.9 Å². The maximum Gasteiger partial charge on any atom is 0.241 e. The Bertz CT molecular complexity index is 992. The average molecular weight is 439 g/mol. The molecule has 0 aliphatic heterocycles. The second-order valence-corrected chi connectivity index (χ2v) is 9.30. The molecule has 0 saturated carbocycles. The molecule has 158 valence electrons. The first-order valence-corrected chi connectivity index (χ1v) is 11.5. The highest BCUT2D eigenvalue weighted by Gasteiger charge is 2.25. The summed E-state index contributed by atoms with van der Waals surface area (Å²) in [6.45, 7) is 5.64. The van der Waals surface area contributed by atoms with Crippen LogP contribution in [0.15, 0.2) is 36.4 Å². The van der Waals surface area contributed by atoms with Crippen LogP contribution in [0.4, 0.5) is 5.69 Å². The number of aryl methyl sites for hydroxylation is 2. The van der Waals surface area contributed by atoms with Crippen molar-refractivity contribution in [3.05, 3.63) is 58.1 Å². The van der Waals surface area contributed by atoms with E-state index >= 15 is 0 Å². The maximum absolute atomic E-state index is 12.8. The molecule has 1 N–H and O–H groups in total. The van der Waals surface area contributed by atoms with Crippen molar-refractivity contribution in [2.75, 3.05) is 24.2 Å². The first kappa shape index (κ1) is 23.0. The van der Waals surface area contributed by atoms with Crippen LogP contribution in [0.25, 0.3) is 0 Å². The molecule has 1 amide bonds. The molecule has 0 aliphatic rings. The van der Waals surface area contributed by atoms with Gasteiger partial charge in [0.15, 0.2) is 0 Å². The van der Waals surface area contributed by atoms with Gasteiger partial charge < -0.3 is 10.1 Å². The van der Waals surface area contributed by atoms with Crippen molar-refractivity contribution in [3.8, 4) is 5.75 Å². The predicted molar refractivity (Wildman–Crippen MR) is 117 cm³/mol. The van der Waals surface area contributed by atoms with E-state index in [9.17, 15) is 13.2 Å². The second-order valence-electron chi connectivity index (χ2n) is 6.96. The lowest BCUT2D eigenvalue weighted by molar-refractivity contribution is -0.120. The third-order valence-electron chi connectivity index (χ3n) is 4.77. The van der Waals surface area contributed by atoms with Crippen molar-refractivity contribution in [2.24, 2.45) is 0 Å². The third kappa shape index (κ3) is 5.87. The summed E-state index contributed by atoms with van der Waals surface area (Å²) in [6, 6.07) is 10.4. The molecule has 0 fully saturated rings. The summed E-state index contributed by atoms with van der Waals surface area (Å²) in [5, 5.41) is 3.28. The molecule has 0 aliphatic carbocycles. The van der Waals surface area contributed by atoms with Crippen molar-refractivity contribution in [2.45, 2.75) is 33.2 Å².